The van der Waals surface area contributed by atoms with Gasteiger partial charge in [0.25, 0.3) is 0 Å². The zero-order chi connectivity index (χ0) is 16.1. The van der Waals surface area contributed by atoms with Gasteiger partial charge in [0.05, 0.1) is 0 Å². The second-order valence-corrected chi connectivity index (χ2v) is 6.34. The number of carboxylic acids is 1. The topological polar surface area (TPSA) is 69.6 Å². The number of hydrogen-bond acceptors (Lipinski definition) is 6. The summed E-state index contributed by atoms with van der Waals surface area (Å²) in [6, 6.07) is 2.13. The number of carbonyl (C=O) groups is 1. The molecule has 2 aromatic heterocycles. The number of thiophene rings is 1. The highest BCUT2D eigenvalue weighted by Gasteiger charge is 2.09. The highest BCUT2D eigenvalue weighted by molar-refractivity contribution is 7.10. The van der Waals surface area contributed by atoms with E-state index < -0.39 is 5.97 Å². The van der Waals surface area contributed by atoms with Gasteiger partial charge in [0.2, 0.25) is 5.95 Å². The average Bonchev–Trinajstić information content (AvgIpc) is 2.84. The minimum absolute atomic E-state index is 0.114. The number of nitrogens with zero attached hydrogens (tertiary/aromatic N) is 4. The molecule has 22 heavy (non-hydrogen) atoms. The van der Waals surface area contributed by atoms with Gasteiger partial charge in [0.15, 0.2) is 0 Å². The lowest BCUT2D eigenvalue weighted by atomic mass is 10.2. The summed E-state index contributed by atoms with van der Waals surface area (Å²) in [5.41, 5.74) is 2.32. The minimum Gasteiger partial charge on any atom is -0.480 e. The Bertz CT molecular complexity index is 627. The predicted octanol–water partition coefficient (Wildman–Crippen LogP) is 2.00. The first kappa shape index (κ1) is 16.4. The maximum Gasteiger partial charge on any atom is 0.323 e. The molecule has 0 aromatic carbocycles. The van der Waals surface area contributed by atoms with Crippen molar-refractivity contribution >= 4 is 23.3 Å². The largest absolute Gasteiger partial charge is 0.480 e. The molecule has 0 aliphatic rings. The number of anilines is 1. The molecule has 1 N–H and O–H groups in total. The molecule has 0 bridgehead atoms. The van der Waals surface area contributed by atoms with Crippen molar-refractivity contribution in [1.29, 1.82) is 0 Å². The van der Waals surface area contributed by atoms with Crippen LogP contribution in [0.25, 0.3) is 0 Å². The van der Waals surface area contributed by atoms with Gasteiger partial charge in [-0.3, -0.25) is 9.69 Å². The van der Waals surface area contributed by atoms with Crippen LogP contribution in [0.1, 0.15) is 16.0 Å². The highest BCUT2D eigenvalue weighted by Crippen LogP contribution is 2.18. The van der Waals surface area contributed by atoms with E-state index in [0.29, 0.717) is 5.95 Å². The summed E-state index contributed by atoms with van der Waals surface area (Å²) in [7, 11) is 3.72. The lowest BCUT2D eigenvalue weighted by Gasteiger charge is -2.17. The monoisotopic (exact) mass is 320 g/mol. The summed E-state index contributed by atoms with van der Waals surface area (Å²) < 4.78 is 0. The van der Waals surface area contributed by atoms with E-state index in [9.17, 15) is 4.79 Å². The van der Waals surface area contributed by atoms with Crippen molar-refractivity contribution in [3.05, 3.63) is 39.8 Å². The van der Waals surface area contributed by atoms with Crippen molar-refractivity contribution in [3.63, 3.8) is 0 Å². The summed E-state index contributed by atoms with van der Waals surface area (Å²) in [4.78, 5) is 24.2. The van der Waals surface area contributed by atoms with E-state index in [-0.39, 0.29) is 6.54 Å². The number of carboxylic acid groups (broad SMARTS) is 1. The zero-order valence-electron chi connectivity index (χ0n) is 13.0. The molecule has 2 rings (SSSR count). The fourth-order valence-corrected chi connectivity index (χ4v) is 3.06. The second kappa shape index (κ2) is 7.33. The van der Waals surface area contributed by atoms with Crippen molar-refractivity contribution in [2.24, 2.45) is 0 Å². The number of likely N-dealkylation sites (N-methyl/N-ethyl adjacent to an activating group) is 1. The first-order valence-corrected chi connectivity index (χ1v) is 7.79. The summed E-state index contributed by atoms with van der Waals surface area (Å²) in [6.45, 7) is 3.65. The standard InChI is InChI=1S/C15H20N4O2S/c1-11-4-5-22-13(11)9-18(2)8-12-6-16-15(17-7-12)19(3)10-14(20)21/h4-7H,8-10H2,1-3H3,(H,20,21). The highest BCUT2D eigenvalue weighted by atomic mass is 32.1. The molecule has 0 atom stereocenters. The lowest BCUT2D eigenvalue weighted by Crippen LogP contribution is -2.27. The van der Waals surface area contributed by atoms with Crippen LogP contribution in [-0.2, 0) is 17.9 Å². The zero-order valence-corrected chi connectivity index (χ0v) is 13.8. The third kappa shape index (κ3) is 4.51. The molecule has 118 valence electrons. The van der Waals surface area contributed by atoms with Gasteiger partial charge in [-0.2, -0.15) is 0 Å². The van der Waals surface area contributed by atoms with Crippen molar-refractivity contribution in [1.82, 2.24) is 14.9 Å². The van der Waals surface area contributed by atoms with E-state index >= 15 is 0 Å². The van der Waals surface area contributed by atoms with Crippen LogP contribution in [-0.4, -0.2) is 46.6 Å². The van der Waals surface area contributed by atoms with E-state index in [1.807, 2.05) is 0 Å². The van der Waals surface area contributed by atoms with Crippen molar-refractivity contribution in [2.75, 3.05) is 25.5 Å². The van der Waals surface area contributed by atoms with Gasteiger partial charge in [-0.25, -0.2) is 9.97 Å². The van der Waals surface area contributed by atoms with Crippen LogP contribution >= 0.6 is 11.3 Å². The van der Waals surface area contributed by atoms with Gasteiger partial charge in [-0.1, -0.05) is 0 Å². The maximum absolute atomic E-state index is 10.7. The summed E-state index contributed by atoms with van der Waals surface area (Å²) in [5, 5.41) is 10.9. The molecule has 0 fully saturated rings. The predicted molar refractivity (Wildman–Crippen MR) is 87.2 cm³/mol. The van der Waals surface area contributed by atoms with Crippen LogP contribution in [0.4, 0.5) is 5.95 Å². The van der Waals surface area contributed by atoms with E-state index in [0.717, 1.165) is 18.7 Å². The van der Waals surface area contributed by atoms with Gasteiger partial charge in [-0.05, 0) is 31.0 Å². The first-order chi connectivity index (χ1) is 10.5. The van der Waals surface area contributed by atoms with Gasteiger partial charge in [0.1, 0.15) is 6.54 Å². The molecule has 2 aromatic rings. The Morgan fingerprint density at radius 3 is 2.50 bits per heavy atom. The van der Waals surface area contributed by atoms with Crippen molar-refractivity contribution in [2.45, 2.75) is 20.0 Å². The molecule has 0 amide bonds. The summed E-state index contributed by atoms with van der Waals surface area (Å²) in [5.74, 6) is -0.482. The molecule has 0 unspecified atom stereocenters. The lowest BCUT2D eigenvalue weighted by molar-refractivity contribution is -0.135. The van der Waals surface area contributed by atoms with Crippen LogP contribution in [0.5, 0.6) is 0 Å². The molecular weight excluding hydrogens is 300 g/mol. The number of aryl methyl sites for hydroxylation is 1. The molecular formula is C15H20N4O2S. The van der Waals surface area contributed by atoms with Gasteiger partial charge in [-0.15, -0.1) is 11.3 Å². The Morgan fingerprint density at radius 1 is 1.27 bits per heavy atom. The Labute approximate surface area is 134 Å². The normalized spacial score (nSPS) is 10.9. The molecule has 0 saturated heterocycles. The molecule has 0 radical (unpaired) electrons. The Hall–Kier alpha value is -1.99. The Balaban J connectivity index is 1.93. The van der Waals surface area contributed by atoms with E-state index in [1.54, 1.807) is 30.8 Å². The van der Waals surface area contributed by atoms with Gasteiger partial charge >= 0.3 is 5.97 Å². The SMILES string of the molecule is Cc1ccsc1CN(C)Cc1cnc(N(C)CC(=O)O)nc1. The van der Waals surface area contributed by atoms with Gasteiger partial charge in [0, 0.05) is 43.0 Å². The smallest absolute Gasteiger partial charge is 0.323 e. The van der Waals surface area contributed by atoms with Crippen molar-refractivity contribution in [3.8, 4) is 0 Å². The molecule has 0 aliphatic heterocycles. The van der Waals surface area contributed by atoms with Crippen LogP contribution < -0.4 is 4.90 Å². The molecule has 7 heteroatoms. The number of hydrogen-bond donors (Lipinski definition) is 1. The maximum atomic E-state index is 10.7. The van der Waals surface area contributed by atoms with E-state index in [2.05, 4.69) is 40.3 Å². The summed E-state index contributed by atoms with van der Waals surface area (Å²) >= 11 is 1.77. The third-order valence-electron chi connectivity index (χ3n) is 3.24. The van der Waals surface area contributed by atoms with Crippen LogP contribution in [0.15, 0.2) is 23.8 Å². The Kier molecular flexibility index (Phi) is 5.46. The first-order valence-electron chi connectivity index (χ1n) is 6.91. The fourth-order valence-electron chi connectivity index (χ4n) is 2.08. The minimum atomic E-state index is -0.902. The second-order valence-electron chi connectivity index (χ2n) is 5.34. The van der Waals surface area contributed by atoms with E-state index in [4.69, 9.17) is 5.11 Å². The van der Waals surface area contributed by atoms with Crippen LogP contribution in [0.3, 0.4) is 0 Å². The van der Waals surface area contributed by atoms with Gasteiger partial charge < -0.3 is 10.0 Å². The quantitative estimate of drug-likeness (QED) is 0.841. The Morgan fingerprint density at radius 2 is 1.95 bits per heavy atom. The third-order valence-corrected chi connectivity index (χ3v) is 4.25. The fraction of sp³-hybridized carbons (Fsp3) is 0.400. The van der Waals surface area contributed by atoms with Crippen molar-refractivity contribution < 1.29 is 9.90 Å². The number of aromatic nitrogens is 2. The van der Waals surface area contributed by atoms with Crippen LogP contribution in [0.2, 0.25) is 0 Å². The molecule has 6 nitrogen and oxygen atoms in total. The average molecular weight is 320 g/mol. The van der Waals surface area contributed by atoms with Crippen LogP contribution in [0, 0.1) is 6.92 Å². The molecule has 0 saturated carbocycles. The summed E-state index contributed by atoms with van der Waals surface area (Å²) in [6.07, 6.45) is 3.50. The molecule has 2 heterocycles. The molecule has 0 spiro atoms. The van der Waals surface area contributed by atoms with E-state index in [1.165, 1.54) is 15.3 Å². The number of rotatable bonds is 7. The molecule has 0 aliphatic carbocycles. The number of aliphatic carboxylic acids is 1.